The summed E-state index contributed by atoms with van der Waals surface area (Å²) in [5, 5.41) is 11.5. The smallest absolute Gasteiger partial charge is 0.242 e. The summed E-state index contributed by atoms with van der Waals surface area (Å²) in [6.07, 6.45) is 4.45. The van der Waals surface area contributed by atoms with Gasteiger partial charge in [0.25, 0.3) is 0 Å². The van der Waals surface area contributed by atoms with Crippen molar-refractivity contribution in [3.05, 3.63) is 24.5 Å². The zero-order chi connectivity index (χ0) is 13.2. The van der Waals surface area contributed by atoms with Crippen LogP contribution in [0.4, 0.5) is 0 Å². The number of oxime groups is 1. The molecule has 1 unspecified atom stereocenters. The molecule has 7 nitrogen and oxygen atoms in total. The summed E-state index contributed by atoms with van der Waals surface area (Å²) < 4.78 is 26.5. The number of sulfonamides is 1. The average Bonchev–Trinajstić information content (AvgIpc) is 3.20. The second-order valence-corrected chi connectivity index (χ2v) is 5.86. The second kappa shape index (κ2) is 4.91. The Bertz CT molecular complexity index is 540. The predicted molar refractivity (Wildman–Crippen MR) is 64.5 cm³/mol. The number of aromatic nitrogens is 1. The van der Waals surface area contributed by atoms with Gasteiger partial charge in [-0.15, -0.1) is 0 Å². The molecule has 1 fully saturated rings. The van der Waals surface area contributed by atoms with Crippen LogP contribution < -0.4 is 10.5 Å². The third-order valence-corrected chi connectivity index (χ3v) is 4.18. The van der Waals surface area contributed by atoms with E-state index in [2.05, 4.69) is 14.9 Å². The molecular formula is C10H14N4O3S. The van der Waals surface area contributed by atoms with Gasteiger partial charge in [0.15, 0.2) is 5.84 Å². The van der Waals surface area contributed by atoms with E-state index >= 15 is 0 Å². The predicted octanol–water partition coefficient (Wildman–Crippen LogP) is -0.115. The normalized spacial score (nSPS) is 18.6. The molecule has 8 heteroatoms. The minimum atomic E-state index is -3.70. The summed E-state index contributed by atoms with van der Waals surface area (Å²) in [7, 11) is -3.70. The molecule has 0 radical (unpaired) electrons. The van der Waals surface area contributed by atoms with Gasteiger partial charge < -0.3 is 10.9 Å². The minimum Gasteiger partial charge on any atom is -0.409 e. The highest BCUT2D eigenvalue weighted by atomic mass is 32.2. The maximum Gasteiger partial charge on any atom is 0.242 e. The first-order chi connectivity index (χ1) is 8.54. The highest BCUT2D eigenvalue weighted by Crippen LogP contribution is 2.33. The molecule has 0 aromatic carbocycles. The Balaban J connectivity index is 2.21. The Morgan fingerprint density at radius 1 is 1.61 bits per heavy atom. The largest absolute Gasteiger partial charge is 0.409 e. The van der Waals surface area contributed by atoms with E-state index in [1.165, 1.54) is 24.5 Å². The van der Waals surface area contributed by atoms with Gasteiger partial charge in [0.1, 0.15) is 4.90 Å². The molecule has 4 N–H and O–H groups in total. The van der Waals surface area contributed by atoms with Crippen LogP contribution in [0.15, 0.2) is 34.6 Å². The Hall–Kier alpha value is -1.67. The molecule has 1 heterocycles. The Morgan fingerprint density at radius 3 is 2.83 bits per heavy atom. The van der Waals surface area contributed by atoms with Crippen LogP contribution in [-0.2, 0) is 10.0 Å². The minimum absolute atomic E-state index is 0.0568. The Morgan fingerprint density at radius 2 is 2.33 bits per heavy atom. The molecular weight excluding hydrogens is 256 g/mol. The Kier molecular flexibility index (Phi) is 3.48. The zero-order valence-electron chi connectivity index (χ0n) is 9.52. The van der Waals surface area contributed by atoms with Gasteiger partial charge in [-0.05, 0) is 30.9 Å². The lowest BCUT2D eigenvalue weighted by Crippen LogP contribution is -2.46. The third-order valence-electron chi connectivity index (χ3n) is 2.75. The van der Waals surface area contributed by atoms with Crippen molar-refractivity contribution in [1.82, 2.24) is 9.71 Å². The first kappa shape index (κ1) is 12.8. The topological polar surface area (TPSA) is 118 Å². The van der Waals surface area contributed by atoms with Gasteiger partial charge in [-0.2, -0.15) is 0 Å². The van der Waals surface area contributed by atoms with Gasteiger partial charge in [-0.1, -0.05) is 5.16 Å². The first-order valence-corrected chi connectivity index (χ1v) is 6.92. The lowest BCUT2D eigenvalue weighted by Gasteiger charge is -2.16. The summed E-state index contributed by atoms with van der Waals surface area (Å²) >= 11 is 0. The van der Waals surface area contributed by atoms with E-state index in [-0.39, 0.29) is 16.6 Å². The van der Waals surface area contributed by atoms with E-state index in [9.17, 15) is 8.42 Å². The Labute approximate surface area is 105 Å². The molecule has 0 spiro atoms. The van der Waals surface area contributed by atoms with Crippen molar-refractivity contribution in [2.45, 2.75) is 23.8 Å². The van der Waals surface area contributed by atoms with Crippen LogP contribution in [0.1, 0.15) is 12.8 Å². The maximum atomic E-state index is 12.1. The maximum absolute atomic E-state index is 12.1. The second-order valence-electron chi connectivity index (χ2n) is 4.15. The van der Waals surface area contributed by atoms with Gasteiger partial charge in [-0.25, -0.2) is 13.1 Å². The molecule has 1 aliphatic rings. The fourth-order valence-corrected chi connectivity index (χ4v) is 2.87. The van der Waals surface area contributed by atoms with Crippen molar-refractivity contribution >= 4 is 15.9 Å². The van der Waals surface area contributed by atoms with Crippen LogP contribution in [0, 0.1) is 5.92 Å². The lowest BCUT2D eigenvalue weighted by atomic mass is 10.2. The quantitative estimate of drug-likeness (QED) is 0.298. The average molecular weight is 270 g/mol. The SMILES string of the molecule is NC(=NO)C(NS(=O)(=O)c1cccnc1)C1CC1. The molecule has 18 heavy (non-hydrogen) atoms. The van der Waals surface area contributed by atoms with E-state index in [0.717, 1.165) is 12.8 Å². The van der Waals surface area contributed by atoms with E-state index in [4.69, 9.17) is 10.9 Å². The van der Waals surface area contributed by atoms with Crippen LogP contribution in [0.5, 0.6) is 0 Å². The molecule has 0 aliphatic heterocycles. The van der Waals surface area contributed by atoms with Crippen LogP contribution >= 0.6 is 0 Å². The van der Waals surface area contributed by atoms with Crippen LogP contribution in [-0.4, -0.2) is 30.5 Å². The molecule has 1 aromatic heterocycles. The number of nitrogens with zero attached hydrogens (tertiary/aromatic N) is 2. The van der Waals surface area contributed by atoms with E-state index < -0.39 is 16.1 Å². The summed E-state index contributed by atoms with van der Waals surface area (Å²) in [6, 6.07) is 2.30. The zero-order valence-corrected chi connectivity index (χ0v) is 10.3. The van der Waals surface area contributed by atoms with Crippen molar-refractivity contribution in [1.29, 1.82) is 0 Å². The van der Waals surface area contributed by atoms with Gasteiger partial charge in [-0.3, -0.25) is 4.98 Å². The highest BCUT2D eigenvalue weighted by molar-refractivity contribution is 7.89. The molecule has 0 saturated heterocycles. The summed E-state index contributed by atoms with van der Waals surface area (Å²) in [6.45, 7) is 0. The van der Waals surface area contributed by atoms with Crippen LogP contribution in [0.3, 0.4) is 0 Å². The number of pyridine rings is 1. The number of rotatable bonds is 5. The molecule has 1 aromatic rings. The van der Waals surface area contributed by atoms with Crippen LogP contribution in [0.2, 0.25) is 0 Å². The van der Waals surface area contributed by atoms with E-state index in [1.54, 1.807) is 0 Å². The first-order valence-electron chi connectivity index (χ1n) is 5.44. The van der Waals surface area contributed by atoms with Gasteiger partial charge in [0, 0.05) is 12.4 Å². The standard InChI is InChI=1S/C10H14N4O3S/c11-10(13-15)9(7-3-4-7)14-18(16,17)8-2-1-5-12-6-8/h1-2,5-7,9,14-15H,3-4H2,(H2,11,13). The number of hydrogen-bond donors (Lipinski definition) is 3. The number of nitrogens with two attached hydrogens (primary N) is 1. The van der Waals surface area contributed by atoms with Crippen molar-refractivity contribution in [2.24, 2.45) is 16.8 Å². The number of nitrogens with one attached hydrogen (secondary N) is 1. The van der Waals surface area contributed by atoms with Crippen molar-refractivity contribution < 1.29 is 13.6 Å². The number of hydrogen-bond acceptors (Lipinski definition) is 5. The van der Waals surface area contributed by atoms with Gasteiger partial charge in [0.2, 0.25) is 10.0 Å². The van der Waals surface area contributed by atoms with Gasteiger partial charge >= 0.3 is 0 Å². The highest BCUT2D eigenvalue weighted by Gasteiger charge is 2.37. The molecule has 0 bridgehead atoms. The fourth-order valence-electron chi connectivity index (χ4n) is 1.63. The monoisotopic (exact) mass is 270 g/mol. The van der Waals surface area contributed by atoms with E-state index in [0.29, 0.717) is 0 Å². The van der Waals surface area contributed by atoms with Crippen LogP contribution in [0.25, 0.3) is 0 Å². The van der Waals surface area contributed by atoms with Crippen molar-refractivity contribution in [2.75, 3.05) is 0 Å². The van der Waals surface area contributed by atoms with Crippen molar-refractivity contribution in [3.8, 4) is 0 Å². The van der Waals surface area contributed by atoms with Crippen molar-refractivity contribution in [3.63, 3.8) is 0 Å². The summed E-state index contributed by atoms with van der Waals surface area (Å²) in [5.74, 6) is -0.0303. The molecule has 0 amide bonds. The summed E-state index contributed by atoms with van der Waals surface area (Å²) in [4.78, 5) is 3.81. The molecule has 1 atom stereocenters. The third kappa shape index (κ3) is 2.77. The summed E-state index contributed by atoms with van der Waals surface area (Å²) in [5.41, 5.74) is 5.50. The molecule has 1 aliphatic carbocycles. The molecule has 2 rings (SSSR count). The molecule has 1 saturated carbocycles. The van der Waals surface area contributed by atoms with Gasteiger partial charge in [0.05, 0.1) is 6.04 Å². The fraction of sp³-hybridized carbons (Fsp3) is 0.400. The number of amidine groups is 1. The lowest BCUT2D eigenvalue weighted by molar-refractivity contribution is 0.314. The molecule has 98 valence electrons. The van der Waals surface area contributed by atoms with E-state index in [1.807, 2.05) is 0 Å².